The number of hydrogen-bond acceptors (Lipinski definition) is 2. The molecular weight excluding hydrogens is 284 g/mol. The number of thiophene rings is 1. The molecule has 0 aromatic carbocycles. The highest BCUT2D eigenvalue weighted by molar-refractivity contribution is 9.11. The Morgan fingerprint density at radius 2 is 2.31 bits per heavy atom. The fourth-order valence-corrected chi connectivity index (χ4v) is 4.41. The fraction of sp³-hybridized carbons (Fsp3) is 0.692. The first-order chi connectivity index (χ1) is 7.49. The van der Waals surface area contributed by atoms with Crippen molar-refractivity contribution in [1.82, 2.24) is 0 Å². The summed E-state index contributed by atoms with van der Waals surface area (Å²) in [5, 5.41) is 10.3. The van der Waals surface area contributed by atoms with E-state index in [2.05, 4.69) is 41.9 Å². The third-order valence-corrected chi connectivity index (χ3v) is 5.49. The molecule has 2 atom stereocenters. The SMILES string of the molecule is CC1(C)CCCC1C(O)Cc1ccc(Br)s1. The van der Waals surface area contributed by atoms with E-state index in [0.717, 1.165) is 10.2 Å². The standard InChI is InChI=1S/C13H19BrOS/c1-13(2)7-3-4-10(13)11(15)8-9-5-6-12(14)16-9/h5-6,10-11,15H,3-4,7-8H2,1-2H3. The molecular formula is C13H19BrOS. The van der Waals surface area contributed by atoms with Gasteiger partial charge < -0.3 is 5.11 Å². The zero-order valence-corrected chi connectivity index (χ0v) is 12.3. The van der Waals surface area contributed by atoms with Crippen LogP contribution < -0.4 is 0 Å². The Kier molecular flexibility index (Phi) is 3.77. The molecule has 1 heterocycles. The monoisotopic (exact) mass is 302 g/mol. The minimum absolute atomic E-state index is 0.178. The molecule has 0 amide bonds. The molecule has 1 aliphatic rings. The van der Waals surface area contributed by atoms with E-state index in [1.165, 1.54) is 24.1 Å². The van der Waals surface area contributed by atoms with Crippen LogP contribution in [0.4, 0.5) is 0 Å². The summed E-state index contributed by atoms with van der Waals surface area (Å²) in [4.78, 5) is 1.28. The van der Waals surface area contributed by atoms with E-state index >= 15 is 0 Å². The fourth-order valence-electron chi connectivity index (χ4n) is 2.88. The number of aliphatic hydroxyl groups is 1. The largest absolute Gasteiger partial charge is 0.392 e. The maximum atomic E-state index is 10.3. The van der Waals surface area contributed by atoms with Crippen LogP contribution in [0, 0.1) is 11.3 Å². The maximum Gasteiger partial charge on any atom is 0.0701 e. The average Bonchev–Trinajstić information content (AvgIpc) is 2.72. The lowest BCUT2D eigenvalue weighted by molar-refractivity contribution is 0.0548. The van der Waals surface area contributed by atoms with Gasteiger partial charge >= 0.3 is 0 Å². The normalized spacial score (nSPS) is 25.9. The lowest BCUT2D eigenvalue weighted by Gasteiger charge is -2.31. The Bertz CT molecular complexity index is 359. The van der Waals surface area contributed by atoms with E-state index in [4.69, 9.17) is 0 Å². The second-order valence-electron chi connectivity index (χ2n) is 5.46. The molecule has 2 rings (SSSR count). The molecule has 3 heteroatoms. The zero-order chi connectivity index (χ0) is 11.8. The van der Waals surface area contributed by atoms with Gasteiger partial charge in [-0.15, -0.1) is 11.3 Å². The van der Waals surface area contributed by atoms with Crippen molar-refractivity contribution >= 4 is 27.3 Å². The summed E-state index contributed by atoms with van der Waals surface area (Å²) in [6.45, 7) is 4.58. The Morgan fingerprint density at radius 3 is 2.81 bits per heavy atom. The van der Waals surface area contributed by atoms with Crippen LogP contribution in [0.15, 0.2) is 15.9 Å². The first-order valence-corrected chi connectivity index (χ1v) is 7.52. The third kappa shape index (κ3) is 2.69. The molecule has 0 bridgehead atoms. The summed E-state index contributed by atoms with van der Waals surface area (Å²) in [5.41, 5.74) is 0.313. The van der Waals surface area contributed by atoms with Crippen molar-refractivity contribution in [3.8, 4) is 0 Å². The Balaban J connectivity index is 2.00. The van der Waals surface area contributed by atoms with Gasteiger partial charge in [-0.25, -0.2) is 0 Å². The Morgan fingerprint density at radius 1 is 1.56 bits per heavy atom. The molecule has 1 N–H and O–H groups in total. The van der Waals surface area contributed by atoms with Crippen molar-refractivity contribution in [3.63, 3.8) is 0 Å². The molecule has 0 radical (unpaired) electrons. The molecule has 0 spiro atoms. The Hall–Kier alpha value is 0.140. The van der Waals surface area contributed by atoms with Gasteiger partial charge in [0, 0.05) is 11.3 Å². The van der Waals surface area contributed by atoms with E-state index < -0.39 is 0 Å². The highest BCUT2D eigenvalue weighted by Gasteiger charge is 2.38. The molecule has 16 heavy (non-hydrogen) atoms. The maximum absolute atomic E-state index is 10.3. The van der Waals surface area contributed by atoms with Crippen molar-refractivity contribution in [3.05, 3.63) is 20.8 Å². The van der Waals surface area contributed by atoms with Crippen molar-refractivity contribution in [2.75, 3.05) is 0 Å². The topological polar surface area (TPSA) is 20.2 Å². The second-order valence-corrected chi connectivity index (χ2v) is 8.01. The number of aliphatic hydroxyl groups excluding tert-OH is 1. The smallest absolute Gasteiger partial charge is 0.0701 e. The van der Waals surface area contributed by atoms with Crippen LogP contribution in [0.25, 0.3) is 0 Å². The molecule has 1 aliphatic carbocycles. The summed E-state index contributed by atoms with van der Waals surface area (Å²) in [6.07, 6.45) is 4.33. The predicted octanol–water partition coefficient (Wildman–Crippen LogP) is 4.24. The van der Waals surface area contributed by atoms with E-state index in [1.807, 2.05) is 0 Å². The van der Waals surface area contributed by atoms with Crippen LogP contribution in [0.3, 0.4) is 0 Å². The van der Waals surface area contributed by atoms with Gasteiger partial charge in [0.2, 0.25) is 0 Å². The van der Waals surface area contributed by atoms with Crippen LogP contribution >= 0.6 is 27.3 Å². The van der Waals surface area contributed by atoms with Crippen molar-refractivity contribution in [2.45, 2.75) is 45.6 Å². The molecule has 1 aromatic heterocycles. The van der Waals surface area contributed by atoms with Gasteiger partial charge in [-0.2, -0.15) is 0 Å². The van der Waals surface area contributed by atoms with Gasteiger partial charge in [0.15, 0.2) is 0 Å². The van der Waals surface area contributed by atoms with Crippen molar-refractivity contribution in [1.29, 1.82) is 0 Å². The van der Waals surface area contributed by atoms with Gasteiger partial charge in [0.25, 0.3) is 0 Å². The molecule has 1 saturated carbocycles. The molecule has 1 fully saturated rings. The van der Waals surface area contributed by atoms with Crippen LogP contribution in [-0.2, 0) is 6.42 Å². The van der Waals surface area contributed by atoms with Gasteiger partial charge in [-0.1, -0.05) is 20.3 Å². The Labute approximate surface area is 110 Å². The van der Waals surface area contributed by atoms with Crippen LogP contribution in [-0.4, -0.2) is 11.2 Å². The van der Waals surface area contributed by atoms with Crippen LogP contribution in [0.1, 0.15) is 38.0 Å². The highest BCUT2D eigenvalue weighted by Crippen LogP contribution is 2.45. The molecule has 1 nitrogen and oxygen atoms in total. The van der Waals surface area contributed by atoms with E-state index in [0.29, 0.717) is 11.3 Å². The lowest BCUT2D eigenvalue weighted by atomic mass is 9.78. The summed E-state index contributed by atoms with van der Waals surface area (Å²) in [6, 6.07) is 4.17. The predicted molar refractivity (Wildman–Crippen MR) is 72.9 cm³/mol. The second kappa shape index (κ2) is 4.79. The molecule has 1 aromatic rings. The highest BCUT2D eigenvalue weighted by atomic mass is 79.9. The minimum atomic E-state index is -0.178. The van der Waals surface area contributed by atoms with Gasteiger partial charge in [0.1, 0.15) is 0 Å². The molecule has 90 valence electrons. The number of hydrogen-bond donors (Lipinski definition) is 1. The minimum Gasteiger partial charge on any atom is -0.392 e. The summed E-state index contributed by atoms with van der Waals surface area (Å²) < 4.78 is 1.15. The van der Waals surface area contributed by atoms with Gasteiger partial charge in [-0.3, -0.25) is 0 Å². The van der Waals surface area contributed by atoms with Crippen LogP contribution in [0.5, 0.6) is 0 Å². The number of rotatable bonds is 3. The summed E-state index contributed by atoms with van der Waals surface area (Å²) >= 11 is 5.20. The zero-order valence-electron chi connectivity index (χ0n) is 9.87. The lowest BCUT2D eigenvalue weighted by Crippen LogP contribution is -2.31. The molecule has 2 unspecified atom stereocenters. The van der Waals surface area contributed by atoms with E-state index in [1.54, 1.807) is 11.3 Å². The number of halogens is 1. The quantitative estimate of drug-likeness (QED) is 0.885. The van der Waals surface area contributed by atoms with Gasteiger partial charge in [-0.05, 0) is 52.2 Å². The first-order valence-electron chi connectivity index (χ1n) is 5.91. The molecule has 0 saturated heterocycles. The van der Waals surface area contributed by atoms with E-state index in [-0.39, 0.29) is 6.10 Å². The van der Waals surface area contributed by atoms with Crippen molar-refractivity contribution in [2.24, 2.45) is 11.3 Å². The molecule has 0 aliphatic heterocycles. The first kappa shape index (κ1) is 12.6. The third-order valence-electron chi connectivity index (χ3n) is 3.84. The van der Waals surface area contributed by atoms with Crippen LogP contribution in [0.2, 0.25) is 0 Å². The summed E-state index contributed by atoms with van der Waals surface area (Å²) in [5.74, 6) is 0.466. The van der Waals surface area contributed by atoms with E-state index in [9.17, 15) is 5.11 Å². The van der Waals surface area contributed by atoms with Crippen molar-refractivity contribution < 1.29 is 5.11 Å². The van der Waals surface area contributed by atoms with Gasteiger partial charge in [0.05, 0.1) is 9.89 Å². The average molecular weight is 303 g/mol. The summed E-state index contributed by atoms with van der Waals surface area (Å²) in [7, 11) is 0.